The molecule has 0 bridgehead atoms. The molecule has 40 heavy (non-hydrogen) atoms. The number of fused-ring (bicyclic) bond motifs is 1. The molecule has 0 amide bonds. The number of nitrogens with zero attached hydrogens (tertiary/aromatic N) is 1. The summed E-state index contributed by atoms with van der Waals surface area (Å²) in [5.41, 5.74) is 9.35. The van der Waals surface area contributed by atoms with Gasteiger partial charge in [0.05, 0.1) is 11.6 Å². The average Bonchev–Trinajstić information content (AvgIpc) is 3.34. The highest BCUT2D eigenvalue weighted by Gasteiger charge is 2.34. The highest BCUT2D eigenvalue weighted by atomic mass is 35.5. The lowest BCUT2D eigenvalue weighted by Gasteiger charge is -2.48. The minimum absolute atomic E-state index is 0.0112. The van der Waals surface area contributed by atoms with E-state index in [1.165, 1.54) is 58.3 Å². The van der Waals surface area contributed by atoms with Gasteiger partial charge in [-0.15, -0.1) is 0 Å². The number of benzene rings is 3. The molecule has 1 aliphatic heterocycles. The van der Waals surface area contributed by atoms with Gasteiger partial charge in [0.15, 0.2) is 0 Å². The Morgan fingerprint density at radius 1 is 1.05 bits per heavy atom. The number of likely N-dealkylation sites (tertiary alicyclic amines) is 1. The quantitative estimate of drug-likeness (QED) is 0.218. The molecule has 5 rings (SSSR count). The molecular weight excluding hydrogens is 514 g/mol. The van der Waals surface area contributed by atoms with Gasteiger partial charge in [0.2, 0.25) is 0 Å². The molecule has 0 radical (unpaired) electrons. The number of hydrogen-bond acceptors (Lipinski definition) is 3. The van der Waals surface area contributed by atoms with Gasteiger partial charge in [-0.25, -0.2) is 0 Å². The standard InChI is InChI=1S/C36H46ClNO2/c1-7-24(2)21-27-23-35(32(37)22-25(27)3)40-34-16-15-30-29(12-8-13-31(30)34)28-11-9-14-33(26(28)4)39-20-10-18-38-19-17-36(38,5)6/h8-9,11-14,22-24,34H,7,10,15-21H2,1-6H3/t24?,34-/m0/s1. The minimum Gasteiger partial charge on any atom is -0.493 e. The molecule has 1 aliphatic carbocycles. The van der Waals surface area contributed by atoms with Crippen LogP contribution in [-0.4, -0.2) is 30.1 Å². The molecule has 1 fully saturated rings. The first-order valence-corrected chi connectivity index (χ1v) is 15.6. The third-order valence-electron chi connectivity index (χ3n) is 9.39. The van der Waals surface area contributed by atoms with Crippen LogP contribution in [0.4, 0.5) is 0 Å². The normalized spacial score (nSPS) is 18.7. The Bertz CT molecular complexity index is 1350. The van der Waals surface area contributed by atoms with Gasteiger partial charge in [-0.3, -0.25) is 4.90 Å². The number of ether oxygens (including phenoxy) is 2. The number of aryl methyl sites for hydroxylation is 1. The van der Waals surface area contributed by atoms with Crippen molar-refractivity contribution in [2.75, 3.05) is 19.7 Å². The first kappa shape index (κ1) is 29.0. The molecule has 3 aromatic rings. The fourth-order valence-electron chi connectivity index (χ4n) is 6.30. The molecule has 1 unspecified atom stereocenters. The SMILES string of the molecule is CCC(C)Cc1cc(O[C@H]2CCc3c(-c4cccc(OCCCN5CCC5(C)C)c4C)cccc32)c(Cl)cc1C. The van der Waals surface area contributed by atoms with Crippen LogP contribution in [0.25, 0.3) is 11.1 Å². The highest BCUT2D eigenvalue weighted by Crippen LogP contribution is 2.43. The van der Waals surface area contributed by atoms with Crippen LogP contribution in [0.5, 0.6) is 11.5 Å². The van der Waals surface area contributed by atoms with Crippen molar-refractivity contribution in [3.8, 4) is 22.6 Å². The maximum Gasteiger partial charge on any atom is 0.139 e. The van der Waals surface area contributed by atoms with E-state index >= 15 is 0 Å². The van der Waals surface area contributed by atoms with Crippen LogP contribution in [-0.2, 0) is 12.8 Å². The topological polar surface area (TPSA) is 21.7 Å². The van der Waals surface area contributed by atoms with Crippen LogP contribution >= 0.6 is 11.6 Å². The van der Waals surface area contributed by atoms with Crippen LogP contribution in [0.3, 0.4) is 0 Å². The fraction of sp³-hybridized carbons (Fsp3) is 0.500. The van der Waals surface area contributed by atoms with E-state index in [-0.39, 0.29) is 6.10 Å². The molecule has 1 saturated heterocycles. The molecule has 214 valence electrons. The van der Waals surface area contributed by atoms with E-state index in [2.05, 4.69) is 95.0 Å². The predicted octanol–water partition coefficient (Wildman–Crippen LogP) is 9.53. The highest BCUT2D eigenvalue weighted by molar-refractivity contribution is 6.32. The molecular formula is C36H46ClNO2. The molecule has 4 heteroatoms. The van der Waals surface area contributed by atoms with E-state index < -0.39 is 0 Å². The molecule has 3 aromatic carbocycles. The summed E-state index contributed by atoms with van der Waals surface area (Å²) in [6.07, 6.45) is 6.52. The van der Waals surface area contributed by atoms with Gasteiger partial charge >= 0.3 is 0 Å². The second kappa shape index (κ2) is 12.2. The van der Waals surface area contributed by atoms with E-state index in [4.69, 9.17) is 21.1 Å². The zero-order chi connectivity index (χ0) is 28.4. The van der Waals surface area contributed by atoms with Gasteiger partial charge < -0.3 is 9.47 Å². The summed E-state index contributed by atoms with van der Waals surface area (Å²) in [6, 6.07) is 17.4. The van der Waals surface area contributed by atoms with Crippen molar-refractivity contribution in [3.63, 3.8) is 0 Å². The molecule has 0 spiro atoms. The lowest BCUT2D eigenvalue weighted by atomic mass is 9.89. The van der Waals surface area contributed by atoms with Crippen molar-refractivity contribution < 1.29 is 9.47 Å². The number of hydrogen-bond donors (Lipinski definition) is 0. The van der Waals surface area contributed by atoms with E-state index in [0.717, 1.165) is 50.3 Å². The molecule has 2 aliphatic rings. The van der Waals surface area contributed by atoms with Crippen LogP contribution in [0.15, 0.2) is 48.5 Å². The minimum atomic E-state index is 0.0112. The van der Waals surface area contributed by atoms with Gasteiger partial charge in [0.1, 0.15) is 17.6 Å². The zero-order valence-corrected chi connectivity index (χ0v) is 26.0. The monoisotopic (exact) mass is 559 g/mol. The second-order valence-electron chi connectivity index (χ2n) is 12.6. The van der Waals surface area contributed by atoms with Crippen molar-refractivity contribution in [2.24, 2.45) is 5.92 Å². The van der Waals surface area contributed by atoms with E-state index in [1.807, 2.05) is 0 Å². The summed E-state index contributed by atoms with van der Waals surface area (Å²) in [5, 5.41) is 0.702. The second-order valence-corrected chi connectivity index (χ2v) is 13.0. The van der Waals surface area contributed by atoms with Gasteiger partial charge in [0.25, 0.3) is 0 Å². The van der Waals surface area contributed by atoms with E-state index in [1.54, 1.807) is 0 Å². The van der Waals surface area contributed by atoms with Crippen molar-refractivity contribution >= 4 is 11.6 Å². The van der Waals surface area contributed by atoms with Crippen molar-refractivity contribution in [2.45, 2.75) is 91.7 Å². The molecule has 2 atom stereocenters. The maximum atomic E-state index is 6.70. The Balaban J connectivity index is 1.31. The summed E-state index contributed by atoms with van der Waals surface area (Å²) in [5.74, 6) is 2.43. The molecule has 3 nitrogen and oxygen atoms in total. The van der Waals surface area contributed by atoms with Crippen LogP contribution in [0, 0.1) is 19.8 Å². The molecule has 0 aromatic heterocycles. The Hall–Kier alpha value is -2.49. The van der Waals surface area contributed by atoms with Crippen LogP contribution in [0.1, 0.15) is 87.3 Å². The predicted molar refractivity (Wildman–Crippen MR) is 168 cm³/mol. The van der Waals surface area contributed by atoms with Crippen molar-refractivity contribution in [1.29, 1.82) is 0 Å². The van der Waals surface area contributed by atoms with Crippen molar-refractivity contribution in [1.82, 2.24) is 4.90 Å². The summed E-state index contributed by atoms with van der Waals surface area (Å²) in [7, 11) is 0. The summed E-state index contributed by atoms with van der Waals surface area (Å²) in [4.78, 5) is 2.56. The van der Waals surface area contributed by atoms with Crippen LogP contribution < -0.4 is 9.47 Å². The molecule has 0 saturated carbocycles. The Morgan fingerprint density at radius 2 is 1.82 bits per heavy atom. The number of halogens is 1. The maximum absolute atomic E-state index is 6.70. The van der Waals surface area contributed by atoms with Crippen LogP contribution in [0.2, 0.25) is 5.02 Å². The summed E-state index contributed by atoms with van der Waals surface area (Å²) in [6.45, 7) is 16.6. The summed E-state index contributed by atoms with van der Waals surface area (Å²) >= 11 is 6.70. The molecule has 1 heterocycles. The third kappa shape index (κ3) is 6.06. The van der Waals surface area contributed by atoms with Gasteiger partial charge in [-0.2, -0.15) is 0 Å². The first-order chi connectivity index (χ1) is 19.2. The summed E-state index contributed by atoms with van der Waals surface area (Å²) < 4.78 is 13.0. The molecule has 0 N–H and O–H groups in total. The van der Waals surface area contributed by atoms with Gasteiger partial charge in [0, 0.05) is 18.6 Å². The fourth-order valence-corrected chi connectivity index (χ4v) is 6.56. The van der Waals surface area contributed by atoms with E-state index in [9.17, 15) is 0 Å². The third-order valence-corrected chi connectivity index (χ3v) is 9.69. The number of rotatable bonds is 11. The Labute approximate surface area is 246 Å². The lowest BCUT2D eigenvalue weighted by molar-refractivity contribution is 0.0123. The smallest absolute Gasteiger partial charge is 0.139 e. The van der Waals surface area contributed by atoms with Crippen molar-refractivity contribution in [3.05, 3.63) is 81.4 Å². The zero-order valence-electron chi connectivity index (χ0n) is 25.3. The average molecular weight is 560 g/mol. The lowest BCUT2D eigenvalue weighted by Crippen LogP contribution is -2.55. The Kier molecular flexibility index (Phi) is 8.83. The van der Waals surface area contributed by atoms with Gasteiger partial charge in [-0.05, 0) is 123 Å². The Morgan fingerprint density at radius 3 is 2.55 bits per heavy atom. The van der Waals surface area contributed by atoms with Gasteiger partial charge in [-0.1, -0.05) is 62.2 Å². The van der Waals surface area contributed by atoms with E-state index in [0.29, 0.717) is 16.5 Å². The first-order valence-electron chi connectivity index (χ1n) is 15.2. The largest absolute Gasteiger partial charge is 0.493 e.